The lowest BCUT2D eigenvalue weighted by Crippen LogP contribution is -1.98. The average molecular weight is 156 g/mol. The van der Waals surface area contributed by atoms with Crippen LogP contribution < -0.4 is 0 Å². The molecule has 0 aliphatic carbocycles. The molecule has 1 aromatic heterocycles. The van der Waals surface area contributed by atoms with Gasteiger partial charge in [-0.05, 0) is 12.1 Å². The molecule has 1 heterocycles. The summed E-state index contributed by atoms with van der Waals surface area (Å²) in [6, 6.07) is 5.56. The van der Waals surface area contributed by atoms with Gasteiger partial charge in [0, 0.05) is 18.5 Å². The summed E-state index contributed by atoms with van der Waals surface area (Å²) in [7, 11) is -3.13. The van der Waals surface area contributed by atoms with Gasteiger partial charge in [-0.2, -0.15) is 0 Å². The maximum Gasteiger partial charge on any atom is 0.192 e. The Kier molecular flexibility index (Phi) is 1.72. The van der Waals surface area contributed by atoms with Crippen LogP contribution in [0.15, 0.2) is 23.4 Å². The lowest BCUT2D eigenvalue weighted by molar-refractivity contribution is 0.598. The van der Waals surface area contributed by atoms with Gasteiger partial charge in [0.2, 0.25) is 0 Å². The topological polar surface area (TPSA) is 47.0 Å². The van der Waals surface area contributed by atoms with Gasteiger partial charge in [0.05, 0.1) is 0 Å². The van der Waals surface area contributed by atoms with Crippen LogP contribution in [0.5, 0.6) is 0 Å². The first-order valence-electron chi connectivity index (χ1n) is 2.63. The summed E-state index contributed by atoms with van der Waals surface area (Å²) in [5, 5.41) is 0.0891. The van der Waals surface area contributed by atoms with Gasteiger partial charge in [-0.1, -0.05) is 0 Å². The van der Waals surface area contributed by atoms with Gasteiger partial charge in [-0.25, -0.2) is 13.4 Å². The lowest BCUT2D eigenvalue weighted by atomic mass is 10.5. The van der Waals surface area contributed by atoms with E-state index in [-0.39, 0.29) is 5.03 Å². The molecular formula is C6H6NO2S. The Morgan fingerprint density at radius 3 is 2.60 bits per heavy atom. The van der Waals surface area contributed by atoms with Crippen molar-refractivity contribution in [1.82, 2.24) is 4.98 Å². The Balaban J connectivity index is 3.22. The normalized spacial score (nSPS) is 11.3. The molecule has 0 saturated heterocycles. The molecule has 10 heavy (non-hydrogen) atoms. The van der Waals surface area contributed by atoms with Crippen LogP contribution in [0.3, 0.4) is 0 Å². The number of pyridine rings is 1. The second kappa shape index (κ2) is 2.38. The third kappa shape index (κ3) is 1.54. The minimum atomic E-state index is -3.13. The van der Waals surface area contributed by atoms with E-state index in [9.17, 15) is 8.42 Å². The average Bonchev–Trinajstić information content (AvgIpc) is 1.88. The monoisotopic (exact) mass is 156 g/mol. The highest BCUT2D eigenvalue weighted by atomic mass is 32.2. The first kappa shape index (κ1) is 7.21. The van der Waals surface area contributed by atoms with Crippen molar-refractivity contribution in [2.75, 3.05) is 6.26 Å². The molecule has 0 aliphatic heterocycles. The van der Waals surface area contributed by atoms with Gasteiger partial charge in [0.1, 0.15) is 0 Å². The quantitative estimate of drug-likeness (QED) is 0.587. The van der Waals surface area contributed by atoms with E-state index in [0.29, 0.717) is 0 Å². The van der Waals surface area contributed by atoms with Gasteiger partial charge in [-0.3, -0.25) is 0 Å². The fourth-order valence-electron chi connectivity index (χ4n) is 0.526. The standard InChI is InChI=1S/C6H6NO2S/c1-10(8,9)6-4-2-3-5-7-6/h2,4-5H,1H3. The van der Waals surface area contributed by atoms with Crippen molar-refractivity contribution < 1.29 is 8.42 Å². The molecule has 0 aliphatic rings. The van der Waals surface area contributed by atoms with Crippen molar-refractivity contribution in [3.05, 3.63) is 24.4 Å². The maximum absolute atomic E-state index is 10.8. The number of hydrogen-bond donors (Lipinski definition) is 0. The second-order valence-electron chi connectivity index (χ2n) is 1.87. The van der Waals surface area contributed by atoms with E-state index in [4.69, 9.17) is 0 Å². The molecule has 0 spiro atoms. The number of aromatic nitrogens is 1. The molecule has 1 aromatic rings. The van der Waals surface area contributed by atoms with Crippen molar-refractivity contribution in [2.45, 2.75) is 5.03 Å². The summed E-state index contributed by atoms with van der Waals surface area (Å²) in [6.45, 7) is 0. The molecule has 0 fully saturated rings. The summed E-state index contributed by atoms with van der Waals surface area (Å²) < 4.78 is 21.5. The molecule has 0 amide bonds. The predicted octanol–water partition coefficient (Wildman–Crippen LogP) is 0.285. The first-order valence-corrected chi connectivity index (χ1v) is 4.52. The van der Waals surface area contributed by atoms with Crippen LogP contribution in [0.25, 0.3) is 0 Å². The highest BCUT2D eigenvalue weighted by molar-refractivity contribution is 7.90. The zero-order valence-electron chi connectivity index (χ0n) is 5.40. The minimum absolute atomic E-state index is 0.0891. The van der Waals surface area contributed by atoms with Gasteiger partial charge in [0.15, 0.2) is 14.9 Å². The van der Waals surface area contributed by atoms with E-state index in [0.717, 1.165) is 6.26 Å². The van der Waals surface area contributed by atoms with E-state index in [1.807, 2.05) is 0 Å². The number of hydrogen-bond acceptors (Lipinski definition) is 3. The number of rotatable bonds is 1. The van der Waals surface area contributed by atoms with E-state index in [1.165, 1.54) is 18.3 Å². The zero-order valence-corrected chi connectivity index (χ0v) is 6.22. The molecule has 1 radical (unpaired) electrons. The summed E-state index contributed by atoms with van der Waals surface area (Å²) in [6.07, 6.45) is 2.45. The molecule has 4 heteroatoms. The minimum Gasteiger partial charge on any atom is -0.244 e. The molecule has 0 atom stereocenters. The van der Waals surface area contributed by atoms with E-state index < -0.39 is 9.84 Å². The number of sulfone groups is 1. The van der Waals surface area contributed by atoms with Crippen LogP contribution in [-0.4, -0.2) is 19.7 Å². The predicted molar refractivity (Wildman–Crippen MR) is 36.2 cm³/mol. The summed E-state index contributed by atoms with van der Waals surface area (Å²) in [4.78, 5) is 3.61. The summed E-state index contributed by atoms with van der Waals surface area (Å²) in [5.41, 5.74) is 0. The smallest absolute Gasteiger partial charge is 0.192 e. The fourth-order valence-corrected chi connectivity index (χ4v) is 1.09. The molecule has 0 aromatic carbocycles. The van der Waals surface area contributed by atoms with E-state index >= 15 is 0 Å². The molecule has 0 unspecified atom stereocenters. The molecule has 0 bridgehead atoms. The number of nitrogens with zero attached hydrogens (tertiary/aromatic N) is 1. The van der Waals surface area contributed by atoms with Crippen molar-refractivity contribution >= 4 is 9.84 Å². The molecule has 1 rings (SSSR count). The summed E-state index contributed by atoms with van der Waals surface area (Å²) >= 11 is 0. The Labute approximate surface area is 59.6 Å². The van der Waals surface area contributed by atoms with Crippen LogP contribution in [-0.2, 0) is 9.84 Å². The highest BCUT2D eigenvalue weighted by Crippen LogP contribution is 2.00. The third-order valence-corrected chi connectivity index (χ3v) is 1.97. The Hall–Kier alpha value is -0.900. The second-order valence-corrected chi connectivity index (χ2v) is 3.83. The van der Waals surface area contributed by atoms with Gasteiger partial charge < -0.3 is 0 Å². The first-order chi connectivity index (χ1) is 4.61. The zero-order chi connectivity index (χ0) is 7.61. The maximum atomic E-state index is 10.8. The van der Waals surface area contributed by atoms with Crippen LogP contribution in [0.1, 0.15) is 0 Å². The molecule has 0 N–H and O–H groups in total. The van der Waals surface area contributed by atoms with Crippen molar-refractivity contribution in [3.63, 3.8) is 0 Å². The van der Waals surface area contributed by atoms with Gasteiger partial charge >= 0.3 is 0 Å². The van der Waals surface area contributed by atoms with Crippen molar-refractivity contribution in [2.24, 2.45) is 0 Å². The molecular weight excluding hydrogens is 150 g/mol. The van der Waals surface area contributed by atoms with Crippen LogP contribution in [0, 0.1) is 6.07 Å². The van der Waals surface area contributed by atoms with Crippen LogP contribution >= 0.6 is 0 Å². The van der Waals surface area contributed by atoms with Crippen LogP contribution in [0.4, 0.5) is 0 Å². The Morgan fingerprint density at radius 1 is 1.60 bits per heavy atom. The highest BCUT2D eigenvalue weighted by Gasteiger charge is 2.05. The van der Waals surface area contributed by atoms with Gasteiger partial charge in [0.25, 0.3) is 0 Å². The van der Waals surface area contributed by atoms with E-state index in [1.54, 1.807) is 0 Å². The van der Waals surface area contributed by atoms with Crippen molar-refractivity contribution in [1.29, 1.82) is 0 Å². The van der Waals surface area contributed by atoms with Crippen LogP contribution in [0.2, 0.25) is 0 Å². The Morgan fingerprint density at radius 2 is 2.30 bits per heavy atom. The molecule has 3 nitrogen and oxygen atoms in total. The lowest BCUT2D eigenvalue weighted by Gasteiger charge is -1.92. The third-order valence-electron chi connectivity index (χ3n) is 0.968. The van der Waals surface area contributed by atoms with Crippen molar-refractivity contribution in [3.8, 4) is 0 Å². The Bertz CT molecular complexity index is 304. The van der Waals surface area contributed by atoms with E-state index in [2.05, 4.69) is 11.1 Å². The fraction of sp³-hybridized carbons (Fsp3) is 0.167. The largest absolute Gasteiger partial charge is 0.244 e. The molecule has 53 valence electrons. The molecule has 0 saturated carbocycles. The van der Waals surface area contributed by atoms with Gasteiger partial charge in [-0.15, -0.1) is 0 Å². The SMILES string of the molecule is CS(=O)(=O)c1cc[c]cn1. The summed E-state index contributed by atoms with van der Waals surface area (Å²) in [5.74, 6) is 0.